The van der Waals surface area contributed by atoms with Gasteiger partial charge < -0.3 is 18.6 Å². The Hall–Kier alpha value is -2.22. The number of oxazole rings is 1. The summed E-state index contributed by atoms with van der Waals surface area (Å²) in [6.07, 6.45) is 4.32. The number of aromatic nitrogens is 3. The topological polar surface area (TPSA) is 94.5 Å². The highest BCUT2D eigenvalue weighted by Crippen LogP contribution is 2.34. The van der Waals surface area contributed by atoms with Crippen LogP contribution in [0.2, 0.25) is 0 Å². The number of hydrogen-bond acceptors (Lipinski definition) is 7. The second kappa shape index (κ2) is 5.20. The zero-order valence-corrected chi connectivity index (χ0v) is 12.1. The van der Waals surface area contributed by atoms with E-state index in [-0.39, 0.29) is 18.1 Å². The number of nitrogens with zero attached hydrogens (tertiary/aromatic N) is 4. The summed E-state index contributed by atoms with van der Waals surface area (Å²) >= 11 is 0. The third-order valence-corrected chi connectivity index (χ3v) is 4.22. The Morgan fingerprint density at radius 3 is 3.05 bits per heavy atom. The van der Waals surface area contributed by atoms with E-state index in [1.807, 2.05) is 0 Å². The molecule has 3 atom stereocenters. The molecule has 0 spiro atoms. The van der Waals surface area contributed by atoms with E-state index in [0.717, 1.165) is 6.42 Å². The van der Waals surface area contributed by atoms with Crippen molar-refractivity contribution in [3.05, 3.63) is 30.1 Å². The summed E-state index contributed by atoms with van der Waals surface area (Å²) in [5, 5.41) is 3.78. The molecule has 2 aliphatic heterocycles. The van der Waals surface area contributed by atoms with Gasteiger partial charge in [-0.1, -0.05) is 5.16 Å². The van der Waals surface area contributed by atoms with Crippen LogP contribution < -0.4 is 0 Å². The van der Waals surface area contributed by atoms with Gasteiger partial charge in [-0.25, -0.2) is 4.98 Å². The lowest BCUT2D eigenvalue weighted by molar-refractivity contribution is 0.0329. The van der Waals surface area contributed by atoms with E-state index in [1.165, 1.54) is 12.7 Å². The Morgan fingerprint density at radius 1 is 1.45 bits per heavy atom. The van der Waals surface area contributed by atoms with Crippen LogP contribution in [0, 0.1) is 12.8 Å². The Labute approximate surface area is 126 Å². The predicted molar refractivity (Wildman–Crippen MR) is 71.9 cm³/mol. The molecule has 1 amide bonds. The number of ether oxygens (including phenoxy) is 1. The van der Waals surface area contributed by atoms with Gasteiger partial charge >= 0.3 is 0 Å². The summed E-state index contributed by atoms with van der Waals surface area (Å²) in [7, 11) is 0. The van der Waals surface area contributed by atoms with E-state index >= 15 is 0 Å². The van der Waals surface area contributed by atoms with Crippen LogP contribution in [0.15, 0.2) is 21.6 Å². The molecule has 0 aromatic carbocycles. The van der Waals surface area contributed by atoms with Gasteiger partial charge in [-0.15, -0.1) is 0 Å². The first-order chi connectivity index (χ1) is 10.7. The van der Waals surface area contributed by atoms with Crippen LogP contribution in [0.25, 0.3) is 0 Å². The molecule has 2 aromatic rings. The summed E-state index contributed by atoms with van der Waals surface area (Å²) in [6, 6.07) is 0. The van der Waals surface area contributed by atoms with Crippen LogP contribution in [0.3, 0.4) is 0 Å². The van der Waals surface area contributed by atoms with Gasteiger partial charge in [0.25, 0.3) is 5.91 Å². The minimum absolute atomic E-state index is 0.0740. The number of fused-ring (bicyclic) bond motifs is 1. The van der Waals surface area contributed by atoms with Gasteiger partial charge in [-0.05, 0) is 13.3 Å². The molecular formula is C14H16N4O4. The van der Waals surface area contributed by atoms with E-state index in [0.29, 0.717) is 42.8 Å². The average molecular weight is 304 g/mol. The van der Waals surface area contributed by atoms with Gasteiger partial charge in [0.05, 0.1) is 18.6 Å². The average Bonchev–Trinajstić information content (AvgIpc) is 3.21. The van der Waals surface area contributed by atoms with Crippen LogP contribution >= 0.6 is 0 Å². The predicted octanol–water partition coefficient (Wildman–Crippen LogP) is 0.838. The van der Waals surface area contributed by atoms with Gasteiger partial charge in [0, 0.05) is 19.0 Å². The van der Waals surface area contributed by atoms with Crippen LogP contribution in [0.5, 0.6) is 0 Å². The largest absolute Gasteiger partial charge is 0.451 e. The molecule has 116 valence electrons. The fourth-order valence-corrected chi connectivity index (χ4v) is 3.26. The molecule has 2 fully saturated rings. The maximum Gasteiger partial charge on any atom is 0.275 e. The highest BCUT2D eigenvalue weighted by molar-refractivity contribution is 5.92. The Balaban J connectivity index is 1.35. The first-order valence-corrected chi connectivity index (χ1v) is 7.31. The molecule has 4 heterocycles. The zero-order chi connectivity index (χ0) is 15.1. The van der Waals surface area contributed by atoms with Crippen LogP contribution in [0.1, 0.15) is 28.6 Å². The maximum absolute atomic E-state index is 12.2. The number of aryl methyl sites for hydroxylation is 1. The summed E-state index contributed by atoms with van der Waals surface area (Å²) in [5.74, 6) is 1.50. The number of likely N-dealkylation sites (tertiary alicyclic amines) is 1. The SMILES string of the molecule is Cc1noc(C[C@@H]2C[C@@H]3CN(C(=O)c4cocn4)C[C@@H]3O2)n1. The fraction of sp³-hybridized carbons (Fsp3) is 0.571. The third kappa shape index (κ3) is 2.39. The van der Waals surface area contributed by atoms with E-state index in [1.54, 1.807) is 11.8 Å². The summed E-state index contributed by atoms with van der Waals surface area (Å²) in [5.41, 5.74) is 0.345. The molecule has 0 aliphatic carbocycles. The lowest BCUT2D eigenvalue weighted by Gasteiger charge is -2.17. The molecule has 2 saturated heterocycles. The molecule has 0 bridgehead atoms. The maximum atomic E-state index is 12.2. The second-order valence-electron chi connectivity index (χ2n) is 5.82. The Morgan fingerprint density at radius 2 is 2.36 bits per heavy atom. The molecule has 0 radical (unpaired) electrons. The van der Waals surface area contributed by atoms with Crippen molar-refractivity contribution in [3.63, 3.8) is 0 Å². The van der Waals surface area contributed by atoms with Gasteiger partial charge in [-0.3, -0.25) is 4.79 Å². The lowest BCUT2D eigenvalue weighted by atomic mass is 10.0. The number of rotatable bonds is 3. The van der Waals surface area contributed by atoms with Gasteiger partial charge in [0.15, 0.2) is 17.9 Å². The van der Waals surface area contributed by atoms with E-state index < -0.39 is 0 Å². The molecule has 22 heavy (non-hydrogen) atoms. The van der Waals surface area contributed by atoms with Crippen molar-refractivity contribution in [1.29, 1.82) is 0 Å². The Bertz CT molecular complexity index is 654. The van der Waals surface area contributed by atoms with E-state index in [4.69, 9.17) is 13.7 Å². The van der Waals surface area contributed by atoms with Crippen molar-refractivity contribution < 1.29 is 18.5 Å². The summed E-state index contributed by atoms with van der Waals surface area (Å²) in [4.78, 5) is 22.1. The quantitative estimate of drug-likeness (QED) is 0.829. The molecule has 4 rings (SSSR count). The first kappa shape index (κ1) is 13.4. The zero-order valence-electron chi connectivity index (χ0n) is 12.1. The first-order valence-electron chi connectivity index (χ1n) is 7.31. The molecule has 0 saturated carbocycles. The van der Waals surface area contributed by atoms with Crippen molar-refractivity contribution in [3.8, 4) is 0 Å². The minimum atomic E-state index is -0.101. The monoisotopic (exact) mass is 304 g/mol. The number of hydrogen-bond donors (Lipinski definition) is 0. The molecule has 2 aromatic heterocycles. The highest BCUT2D eigenvalue weighted by Gasteiger charge is 2.44. The fourth-order valence-electron chi connectivity index (χ4n) is 3.26. The van der Waals surface area contributed by atoms with Crippen molar-refractivity contribution >= 4 is 5.91 Å². The smallest absolute Gasteiger partial charge is 0.275 e. The summed E-state index contributed by atoms with van der Waals surface area (Å²) < 4.78 is 16.0. The van der Waals surface area contributed by atoms with Crippen molar-refractivity contribution in [2.24, 2.45) is 5.92 Å². The van der Waals surface area contributed by atoms with Crippen molar-refractivity contribution in [1.82, 2.24) is 20.0 Å². The normalized spacial score (nSPS) is 27.3. The third-order valence-electron chi connectivity index (χ3n) is 4.22. The van der Waals surface area contributed by atoms with Gasteiger partial charge in [-0.2, -0.15) is 4.98 Å². The molecular weight excluding hydrogens is 288 g/mol. The number of carbonyl (C=O) groups excluding carboxylic acids is 1. The second-order valence-corrected chi connectivity index (χ2v) is 5.82. The van der Waals surface area contributed by atoms with Crippen molar-refractivity contribution in [2.45, 2.75) is 32.0 Å². The number of amides is 1. The van der Waals surface area contributed by atoms with Gasteiger partial charge in [0.1, 0.15) is 6.26 Å². The molecule has 8 nitrogen and oxygen atoms in total. The molecule has 0 unspecified atom stereocenters. The summed E-state index contributed by atoms with van der Waals surface area (Å²) in [6.45, 7) is 3.08. The highest BCUT2D eigenvalue weighted by atomic mass is 16.5. The van der Waals surface area contributed by atoms with E-state index in [9.17, 15) is 4.79 Å². The van der Waals surface area contributed by atoms with E-state index in [2.05, 4.69) is 15.1 Å². The van der Waals surface area contributed by atoms with Crippen molar-refractivity contribution in [2.75, 3.05) is 13.1 Å². The number of carbonyl (C=O) groups is 1. The molecule has 0 N–H and O–H groups in total. The van der Waals surface area contributed by atoms with Gasteiger partial charge in [0.2, 0.25) is 5.89 Å². The van der Waals surface area contributed by atoms with Crippen LogP contribution in [-0.4, -0.2) is 51.2 Å². The standard InChI is InChI=1S/C14H16N4O4/c1-8-16-13(22-17-8)3-10-2-9-4-18(5-12(9)21-10)14(19)11-6-20-7-15-11/h6-7,9-10,12H,2-5H2,1H3/t9-,10+,12+/m1/s1. The minimum Gasteiger partial charge on any atom is -0.451 e. The van der Waals surface area contributed by atoms with Crippen LogP contribution in [-0.2, 0) is 11.2 Å². The van der Waals surface area contributed by atoms with Crippen LogP contribution in [0.4, 0.5) is 0 Å². The Kier molecular flexibility index (Phi) is 3.18. The molecule has 8 heteroatoms. The molecule has 2 aliphatic rings. The lowest BCUT2D eigenvalue weighted by Crippen LogP contribution is -2.31.